The molecular weight excluding hydrogens is 371 g/mol. The van der Waals surface area contributed by atoms with Crippen molar-refractivity contribution in [3.05, 3.63) is 95.3 Å². The van der Waals surface area contributed by atoms with Crippen molar-refractivity contribution in [2.24, 2.45) is 0 Å². The molecule has 0 saturated heterocycles. The Labute approximate surface area is 168 Å². The first-order valence-corrected chi connectivity index (χ1v) is 9.11. The highest BCUT2D eigenvalue weighted by atomic mass is 19.1. The van der Waals surface area contributed by atoms with Crippen molar-refractivity contribution in [1.82, 2.24) is 5.32 Å². The molecule has 0 spiro atoms. The number of carbonyl (C=O) groups excluding carboxylic acids is 2. The van der Waals surface area contributed by atoms with Crippen molar-refractivity contribution in [2.45, 2.75) is 20.1 Å². The van der Waals surface area contributed by atoms with E-state index in [1.54, 1.807) is 42.5 Å². The number of hydrogen-bond donors (Lipinski definition) is 2. The number of rotatable bonds is 7. The SMILES string of the molecule is CC(=O)NCc1ccc(C(=O)Nc2cccc(COc3cccc(F)c3)c2)cc1. The fourth-order valence-corrected chi connectivity index (χ4v) is 2.67. The summed E-state index contributed by atoms with van der Waals surface area (Å²) in [4.78, 5) is 23.4. The third kappa shape index (κ3) is 6.17. The van der Waals surface area contributed by atoms with Gasteiger partial charge in [-0.05, 0) is 47.5 Å². The van der Waals surface area contributed by atoms with Crippen LogP contribution < -0.4 is 15.4 Å². The molecule has 0 aliphatic carbocycles. The van der Waals surface area contributed by atoms with E-state index in [1.165, 1.54) is 19.1 Å². The first-order chi connectivity index (χ1) is 14.0. The molecule has 6 heteroatoms. The molecule has 5 nitrogen and oxygen atoms in total. The monoisotopic (exact) mass is 392 g/mol. The van der Waals surface area contributed by atoms with Gasteiger partial charge in [-0.2, -0.15) is 0 Å². The summed E-state index contributed by atoms with van der Waals surface area (Å²) in [6, 6.07) is 20.2. The third-order valence-corrected chi connectivity index (χ3v) is 4.14. The van der Waals surface area contributed by atoms with Crippen molar-refractivity contribution >= 4 is 17.5 Å². The highest BCUT2D eigenvalue weighted by molar-refractivity contribution is 6.04. The molecule has 3 aromatic rings. The van der Waals surface area contributed by atoms with Crippen molar-refractivity contribution in [3.63, 3.8) is 0 Å². The van der Waals surface area contributed by atoms with Crippen molar-refractivity contribution < 1.29 is 18.7 Å². The maximum atomic E-state index is 13.2. The highest BCUT2D eigenvalue weighted by Gasteiger charge is 2.07. The predicted octanol–water partition coefficient (Wildman–Crippen LogP) is 4.29. The van der Waals surface area contributed by atoms with Crippen LogP contribution in [0.2, 0.25) is 0 Å². The first-order valence-electron chi connectivity index (χ1n) is 9.11. The van der Waals surface area contributed by atoms with Crippen LogP contribution in [0.4, 0.5) is 10.1 Å². The second kappa shape index (κ2) is 9.50. The van der Waals surface area contributed by atoms with Crippen LogP contribution in [0.1, 0.15) is 28.4 Å². The molecule has 0 aliphatic rings. The van der Waals surface area contributed by atoms with Gasteiger partial charge in [-0.1, -0.05) is 30.3 Å². The summed E-state index contributed by atoms with van der Waals surface area (Å²) >= 11 is 0. The molecule has 29 heavy (non-hydrogen) atoms. The molecule has 0 unspecified atom stereocenters. The molecule has 0 fully saturated rings. The van der Waals surface area contributed by atoms with Gasteiger partial charge in [0.2, 0.25) is 5.91 Å². The average molecular weight is 392 g/mol. The highest BCUT2D eigenvalue weighted by Crippen LogP contribution is 2.17. The molecule has 0 heterocycles. The Morgan fingerprint density at radius 1 is 0.931 bits per heavy atom. The van der Waals surface area contributed by atoms with E-state index in [9.17, 15) is 14.0 Å². The molecular formula is C23H21FN2O3. The second-order valence-electron chi connectivity index (χ2n) is 6.51. The summed E-state index contributed by atoms with van der Waals surface area (Å²) in [5.41, 5.74) is 2.90. The van der Waals surface area contributed by atoms with Crippen molar-refractivity contribution in [1.29, 1.82) is 0 Å². The van der Waals surface area contributed by atoms with Crippen LogP contribution in [0.15, 0.2) is 72.8 Å². The Balaban J connectivity index is 1.59. The summed E-state index contributed by atoms with van der Waals surface area (Å²) in [5.74, 6) is -0.252. The van der Waals surface area contributed by atoms with Gasteiger partial charge in [0.1, 0.15) is 18.2 Å². The molecule has 0 atom stereocenters. The van der Waals surface area contributed by atoms with E-state index < -0.39 is 0 Å². The van der Waals surface area contributed by atoms with Crippen LogP contribution in [0.3, 0.4) is 0 Å². The number of benzene rings is 3. The lowest BCUT2D eigenvalue weighted by atomic mass is 10.1. The molecule has 0 aliphatic heterocycles. The first kappa shape index (κ1) is 20.1. The largest absolute Gasteiger partial charge is 0.489 e. The number of carbonyl (C=O) groups is 2. The smallest absolute Gasteiger partial charge is 0.255 e. The lowest BCUT2D eigenvalue weighted by Crippen LogP contribution is -2.19. The summed E-state index contributed by atoms with van der Waals surface area (Å²) in [6.45, 7) is 2.13. The summed E-state index contributed by atoms with van der Waals surface area (Å²) in [7, 11) is 0. The minimum atomic E-state index is -0.355. The van der Waals surface area contributed by atoms with Crippen LogP contribution in [-0.4, -0.2) is 11.8 Å². The fraction of sp³-hybridized carbons (Fsp3) is 0.130. The Bertz CT molecular complexity index is 1000. The van der Waals surface area contributed by atoms with Crippen LogP contribution in [0, 0.1) is 5.82 Å². The maximum Gasteiger partial charge on any atom is 0.255 e. The van der Waals surface area contributed by atoms with Gasteiger partial charge >= 0.3 is 0 Å². The van der Waals surface area contributed by atoms with Crippen molar-refractivity contribution in [3.8, 4) is 5.75 Å². The van der Waals surface area contributed by atoms with Gasteiger partial charge in [-0.25, -0.2) is 4.39 Å². The topological polar surface area (TPSA) is 67.4 Å². The molecule has 148 valence electrons. The van der Waals surface area contributed by atoms with Gasteiger partial charge in [0.25, 0.3) is 5.91 Å². The summed E-state index contributed by atoms with van der Waals surface area (Å²) in [6.07, 6.45) is 0. The Kier molecular flexibility index (Phi) is 6.58. The Hall–Kier alpha value is -3.67. The molecule has 0 saturated carbocycles. The minimum Gasteiger partial charge on any atom is -0.489 e. The van der Waals surface area contributed by atoms with Crippen LogP contribution in [0.25, 0.3) is 0 Å². The average Bonchev–Trinajstić information content (AvgIpc) is 2.71. The molecule has 2 amide bonds. The van der Waals surface area contributed by atoms with E-state index in [2.05, 4.69) is 10.6 Å². The Morgan fingerprint density at radius 2 is 1.69 bits per heavy atom. The molecule has 0 aromatic heterocycles. The normalized spacial score (nSPS) is 10.3. The van der Waals surface area contributed by atoms with Gasteiger partial charge in [0.15, 0.2) is 0 Å². The number of ether oxygens (including phenoxy) is 1. The van der Waals surface area contributed by atoms with E-state index >= 15 is 0 Å². The number of nitrogens with one attached hydrogen (secondary N) is 2. The quantitative estimate of drug-likeness (QED) is 0.630. The van der Waals surface area contributed by atoms with Crippen molar-refractivity contribution in [2.75, 3.05) is 5.32 Å². The molecule has 3 aromatic carbocycles. The number of halogens is 1. The zero-order valence-corrected chi connectivity index (χ0v) is 15.9. The number of amides is 2. The second-order valence-corrected chi connectivity index (χ2v) is 6.51. The lowest BCUT2D eigenvalue weighted by Gasteiger charge is -2.10. The Morgan fingerprint density at radius 3 is 2.41 bits per heavy atom. The number of hydrogen-bond acceptors (Lipinski definition) is 3. The lowest BCUT2D eigenvalue weighted by molar-refractivity contribution is -0.119. The summed E-state index contributed by atoms with van der Waals surface area (Å²) < 4.78 is 18.8. The zero-order valence-electron chi connectivity index (χ0n) is 15.9. The van der Waals surface area contributed by atoms with E-state index in [1.807, 2.05) is 18.2 Å². The van der Waals surface area contributed by atoms with Gasteiger partial charge in [-0.3, -0.25) is 9.59 Å². The van der Waals surface area contributed by atoms with E-state index in [0.29, 0.717) is 23.5 Å². The third-order valence-electron chi connectivity index (χ3n) is 4.14. The predicted molar refractivity (Wildman–Crippen MR) is 109 cm³/mol. The van der Waals surface area contributed by atoms with E-state index in [4.69, 9.17) is 4.74 Å². The van der Waals surface area contributed by atoms with E-state index in [-0.39, 0.29) is 24.2 Å². The van der Waals surface area contributed by atoms with Gasteiger partial charge in [0, 0.05) is 30.8 Å². The van der Waals surface area contributed by atoms with Gasteiger partial charge in [-0.15, -0.1) is 0 Å². The maximum absolute atomic E-state index is 13.2. The van der Waals surface area contributed by atoms with Crippen LogP contribution in [-0.2, 0) is 17.9 Å². The van der Waals surface area contributed by atoms with Gasteiger partial charge < -0.3 is 15.4 Å². The standard InChI is InChI=1S/C23H21FN2O3/c1-16(27)25-14-17-8-10-19(11-9-17)23(28)26-21-6-2-4-18(12-21)15-29-22-7-3-5-20(24)13-22/h2-13H,14-15H2,1H3,(H,25,27)(H,26,28). The molecule has 3 rings (SSSR count). The molecule has 0 radical (unpaired) electrons. The fourth-order valence-electron chi connectivity index (χ4n) is 2.67. The van der Waals surface area contributed by atoms with E-state index in [0.717, 1.165) is 11.1 Å². The zero-order chi connectivity index (χ0) is 20.6. The molecule has 0 bridgehead atoms. The summed E-state index contributed by atoms with van der Waals surface area (Å²) in [5, 5.41) is 5.56. The van der Waals surface area contributed by atoms with Gasteiger partial charge in [0.05, 0.1) is 0 Å². The molecule has 2 N–H and O–H groups in total. The van der Waals surface area contributed by atoms with Crippen LogP contribution >= 0.6 is 0 Å². The van der Waals surface area contributed by atoms with Crippen LogP contribution in [0.5, 0.6) is 5.75 Å². The minimum absolute atomic E-state index is 0.104. The number of anilines is 1.